The van der Waals surface area contributed by atoms with Gasteiger partial charge in [-0.15, -0.1) is 11.3 Å². The van der Waals surface area contributed by atoms with Crippen LogP contribution in [0.1, 0.15) is 6.92 Å². The van der Waals surface area contributed by atoms with Gasteiger partial charge in [0.1, 0.15) is 5.75 Å². The maximum absolute atomic E-state index is 12.3. The second-order valence-electron chi connectivity index (χ2n) is 6.19. The second-order valence-corrected chi connectivity index (χ2v) is 10.6. The number of carbonyl (C=O) groups excluding carboxylic acids is 1. The number of hydrogen-bond donors (Lipinski definition) is 1. The molecular formula is C19H21N3O4S3. The Labute approximate surface area is 178 Å². The van der Waals surface area contributed by atoms with Crippen LogP contribution in [-0.2, 0) is 14.8 Å². The van der Waals surface area contributed by atoms with Crippen molar-refractivity contribution in [3.05, 3.63) is 42.5 Å². The van der Waals surface area contributed by atoms with E-state index in [0.29, 0.717) is 12.3 Å². The molecule has 0 saturated carbocycles. The molecule has 3 rings (SSSR count). The van der Waals surface area contributed by atoms with Crippen LogP contribution in [0.3, 0.4) is 0 Å². The van der Waals surface area contributed by atoms with Gasteiger partial charge in [0.25, 0.3) is 0 Å². The van der Waals surface area contributed by atoms with Gasteiger partial charge in [0.2, 0.25) is 15.9 Å². The Bertz CT molecular complexity index is 1130. The number of sulfonamides is 1. The molecule has 0 aliphatic carbocycles. The van der Waals surface area contributed by atoms with Crippen molar-refractivity contribution in [3.63, 3.8) is 0 Å². The fraction of sp³-hybridized carbons (Fsp3) is 0.263. The summed E-state index contributed by atoms with van der Waals surface area (Å²) in [6.07, 6.45) is 0. The highest BCUT2D eigenvalue weighted by atomic mass is 32.2. The summed E-state index contributed by atoms with van der Waals surface area (Å²) in [5.74, 6) is 0.733. The Hall–Kier alpha value is -2.14. The third kappa shape index (κ3) is 5.27. The Morgan fingerprint density at radius 3 is 2.76 bits per heavy atom. The van der Waals surface area contributed by atoms with Gasteiger partial charge in [-0.25, -0.2) is 17.7 Å². The molecule has 1 amide bonds. The molecule has 1 aromatic heterocycles. The number of nitrogens with zero attached hydrogens (tertiary/aromatic N) is 2. The largest absolute Gasteiger partial charge is 0.494 e. The van der Waals surface area contributed by atoms with Crippen LogP contribution in [0, 0.1) is 0 Å². The number of nitrogens with one attached hydrogen (secondary N) is 1. The highest BCUT2D eigenvalue weighted by Crippen LogP contribution is 2.32. The first-order chi connectivity index (χ1) is 13.8. The number of benzene rings is 2. The van der Waals surface area contributed by atoms with Crippen LogP contribution in [0.5, 0.6) is 5.75 Å². The SMILES string of the molecule is CCOc1ccc2nc(SCC(=O)Nc3cccc(S(=O)(=O)N(C)C)c3)sc2c1. The number of hydrogen-bond acceptors (Lipinski definition) is 7. The maximum atomic E-state index is 12.3. The molecule has 0 aliphatic rings. The molecule has 29 heavy (non-hydrogen) atoms. The fourth-order valence-electron chi connectivity index (χ4n) is 2.47. The number of thioether (sulfide) groups is 1. The summed E-state index contributed by atoms with van der Waals surface area (Å²) in [6, 6.07) is 11.9. The van der Waals surface area contributed by atoms with Gasteiger partial charge in [-0.05, 0) is 43.3 Å². The minimum Gasteiger partial charge on any atom is -0.494 e. The predicted molar refractivity (Wildman–Crippen MR) is 117 cm³/mol. The zero-order chi connectivity index (χ0) is 21.0. The van der Waals surface area contributed by atoms with E-state index in [0.717, 1.165) is 24.6 Å². The van der Waals surface area contributed by atoms with Crippen molar-refractivity contribution >= 4 is 54.9 Å². The number of ether oxygens (including phenoxy) is 1. The third-order valence-corrected chi connectivity index (χ3v) is 7.85. The number of thiazole rings is 1. The smallest absolute Gasteiger partial charge is 0.242 e. The lowest BCUT2D eigenvalue weighted by Crippen LogP contribution is -2.22. The van der Waals surface area contributed by atoms with Crippen LogP contribution >= 0.6 is 23.1 Å². The topological polar surface area (TPSA) is 88.6 Å². The average molecular weight is 452 g/mol. The van der Waals surface area contributed by atoms with Crippen molar-refractivity contribution < 1.29 is 17.9 Å². The number of aromatic nitrogens is 1. The molecule has 0 aliphatic heterocycles. The van der Waals surface area contributed by atoms with Gasteiger partial charge in [-0.2, -0.15) is 0 Å². The number of fused-ring (bicyclic) bond motifs is 1. The van der Waals surface area contributed by atoms with E-state index in [4.69, 9.17) is 4.74 Å². The summed E-state index contributed by atoms with van der Waals surface area (Å²) in [4.78, 5) is 16.9. The Morgan fingerprint density at radius 2 is 2.03 bits per heavy atom. The Kier molecular flexibility index (Phi) is 6.78. The highest BCUT2D eigenvalue weighted by molar-refractivity contribution is 8.01. The fourth-order valence-corrected chi connectivity index (χ4v) is 5.32. The maximum Gasteiger partial charge on any atom is 0.242 e. The summed E-state index contributed by atoms with van der Waals surface area (Å²) in [5.41, 5.74) is 1.30. The van der Waals surface area contributed by atoms with Crippen LogP contribution in [0.25, 0.3) is 10.2 Å². The molecule has 0 bridgehead atoms. The number of amides is 1. The van der Waals surface area contributed by atoms with Crippen molar-refractivity contribution in [2.75, 3.05) is 31.8 Å². The summed E-state index contributed by atoms with van der Waals surface area (Å²) >= 11 is 2.84. The minimum atomic E-state index is -3.55. The van der Waals surface area contributed by atoms with Crippen molar-refractivity contribution in [1.29, 1.82) is 0 Å². The minimum absolute atomic E-state index is 0.129. The molecule has 7 nitrogen and oxygen atoms in total. The summed E-state index contributed by atoms with van der Waals surface area (Å²) in [7, 11) is -0.625. The first kappa shape index (κ1) is 21.6. The van der Waals surface area contributed by atoms with Crippen molar-refractivity contribution in [2.45, 2.75) is 16.2 Å². The van der Waals surface area contributed by atoms with Crippen LogP contribution < -0.4 is 10.1 Å². The van der Waals surface area contributed by atoms with E-state index in [1.807, 2.05) is 25.1 Å². The van der Waals surface area contributed by atoms with Gasteiger partial charge >= 0.3 is 0 Å². The lowest BCUT2D eigenvalue weighted by atomic mass is 10.3. The van der Waals surface area contributed by atoms with E-state index in [1.165, 1.54) is 49.3 Å². The molecule has 1 heterocycles. The van der Waals surface area contributed by atoms with Gasteiger partial charge < -0.3 is 10.1 Å². The van der Waals surface area contributed by atoms with Crippen molar-refractivity contribution in [1.82, 2.24) is 9.29 Å². The normalized spacial score (nSPS) is 11.7. The molecule has 0 unspecified atom stereocenters. The molecule has 0 spiro atoms. The summed E-state index contributed by atoms with van der Waals surface area (Å²) < 4.78 is 32.9. The van der Waals surface area contributed by atoms with Crippen LogP contribution in [0.15, 0.2) is 51.7 Å². The van der Waals surface area contributed by atoms with Gasteiger partial charge in [-0.1, -0.05) is 17.8 Å². The summed E-state index contributed by atoms with van der Waals surface area (Å²) in [5, 5.41) is 2.74. The first-order valence-electron chi connectivity index (χ1n) is 8.78. The number of rotatable bonds is 8. The second kappa shape index (κ2) is 9.12. The summed E-state index contributed by atoms with van der Waals surface area (Å²) in [6.45, 7) is 2.53. The molecular weight excluding hydrogens is 430 g/mol. The van der Waals surface area contributed by atoms with E-state index in [9.17, 15) is 13.2 Å². The molecule has 0 saturated heterocycles. The first-order valence-corrected chi connectivity index (χ1v) is 12.0. The van der Waals surface area contributed by atoms with Crippen LogP contribution in [0.2, 0.25) is 0 Å². The van der Waals surface area contributed by atoms with E-state index < -0.39 is 10.0 Å². The molecule has 0 atom stereocenters. The molecule has 10 heteroatoms. The standard InChI is InChI=1S/C19H21N3O4S3/c1-4-26-14-8-9-16-17(11-14)28-19(21-16)27-12-18(23)20-13-6-5-7-15(10-13)29(24,25)22(2)3/h5-11H,4,12H2,1-3H3,(H,20,23). The van der Waals surface area contributed by atoms with Gasteiger partial charge in [-0.3, -0.25) is 4.79 Å². The van der Waals surface area contributed by atoms with E-state index in [2.05, 4.69) is 10.3 Å². The van der Waals surface area contributed by atoms with Crippen molar-refractivity contribution in [2.24, 2.45) is 0 Å². The van der Waals surface area contributed by atoms with Crippen LogP contribution in [0.4, 0.5) is 5.69 Å². The zero-order valence-electron chi connectivity index (χ0n) is 16.2. The number of anilines is 1. The van der Waals surface area contributed by atoms with Gasteiger partial charge in [0.15, 0.2) is 4.34 Å². The number of carbonyl (C=O) groups is 1. The predicted octanol–water partition coefficient (Wildman–Crippen LogP) is 3.68. The quantitative estimate of drug-likeness (QED) is 0.526. The Morgan fingerprint density at radius 1 is 1.24 bits per heavy atom. The highest BCUT2D eigenvalue weighted by Gasteiger charge is 2.17. The van der Waals surface area contributed by atoms with Crippen LogP contribution in [-0.4, -0.2) is 50.1 Å². The average Bonchev–Trinajstić information content (AvgIpc) is 3.09. The van der Waals surface area contributed by atoms with Crippen molar-refractivity contribution in [3.8, 4) is 5.75 Å². The lowest BCUT2D eigenvalue weighted by molar-refractivity contribution is -0.113. The van der Waals surface area contributed by atoms with E-state index >= 15 is 0 Å². The molecule has 0 radical (unpaired) electrons. The monoisotopic (exact) mass is 451 g/mol. The third-order valence-electron chi connectivity index (χ3n) is 3.87. The van der Waals surface area contributed by atoms with Gasteiger partial charge in [0.05, 0.1) is 27.5 Å². The molecule has 2 aromatic carbocycles. The van der Waals surface area contributed by atoms with Gasteiger partial charge in [0, 0.05) is 19.8 Å². The molecule has 0 fully saturated rings. The Balaban J connectivity index is 1.64. The molecule has 1 N–H and O–H groups in total. The lowest BCUT2D eigenvalue weighted by Gasteiger charge is -2.12. The molecule has 154 valence electrons. The molecule has 3 aromatic rings. The van der Waals surface area contributed by atoms with E-state index in [-0.39, 0.29) is 16.6 Å². The van der Waals surface area contributed by atoms with E-state index in [1.54, 1.807) is 12.1 Å². The zero-order valence-corrected chi connectivity index (χ0v) is 18.7.